The van der Waals surface area contributed by atoms with E-state index >= 15 is 0 Å². The van der Waals surface area contributed by atoms with Crippen LogP contribution in [0.25, 0.3) is 0 Å². The van der Waals surface area contributed by atoms with Crippen LogP contribution in [0.5, 0.6) is 0 Å². The monoisotopic (exact) mass is 196 g/mol. The number of rotatable bonds is 2. The Bertz CT molecular complexity index is 218. The molecule has 1 heterocycles. The molecular weight excluding hydrogens is 172 g/mol. The van der Waals surface area contributed by atoms with E-state index in [1.165, 1.54) is 6.42 Å². The number of nitrogens with two attached hydrogens (primary N) is 1. The van der Waals surface area contributed by atoms with Gasteiger partial charge < -0.3 is 10.6 Å². The lowest BCUT2D eigenvalue weighted by molar-refractivity contribution is 0.0844. The molecule has 0 aromatic rings. The quantitative estimate of drug-likeness (QED) is 0.733. The molecule has 0 amide bonds. The third-order valence-electron chi connectivity index (χ3n) is 3.70. The number of hydrogen-bond donors (Lipinski definition) is 1. The number of nitrogens with zero attached hydrogens (tertiary/aromatic N) is 1. The molecule has 0 aromatic carbocycles. The minimum Gasteiger partial charge on any atom is -0.373 e. The van der Waals surface area contributed by atoms with E-state index in [0.717, 1.165) is 24.7 Å². The van der Waals surface area contributed by atoms with E-state index in [2.05, 4.69) is 32.3 Å². The second-order valence-corrected chi connectivity index (χ2v) is 5.38. The van der Waals surface area contributed by atoms with Crippen LogP contribution in [0.15, 0.2) is 12.3 Å². The maximum absolute atomic E-state index is 5.85. The SMILES string of the molecule is C=C([C@@H](C)N)N1CCC(C)C(C)(C)C1. The molecule has 0 saturated carbocycles. The van der Waals surface area contributed by atoms with E-state index in [9.17, 15) is 0 Å². The first kappa shape index (κ1) is 11.6. The smallest absolute Gasteiger partial charge is 0.0411 e. The van der Waals surface area contributed by atoms with Crippen LogP contribution < -0.4 is 5.73 Å². The summed E-state index contributed by atoms with van der Waals surface area (Å²) in [6.07, 6.45) is 1.25. The predicted molar refractivity (Wildman–Crippen MR) is 61.9 cm³/mol. The van der Waals surface area contributed by atoms with Crippen LogP contribution in [-0.2, 0) is 0 Å². The molecule has 0 bridgehead atoms. The summed E-state index contributed by atoms with van der Waals surface area (Å²) >= 11 is 0. The molecule has 0 radical (unpaired) electrons. The van der Waals surface area contributed by atoms with Gasteiger partial charge in [0.15, 0.2) is 0 Å². The van der Waals surface area contributed by atoms with Crippen LogP contribution in [-0.4, -0.2) is 24.0 Å². The van der Waals surface area contributed by atoms with E-state index in [1.807, 2.05) is 6.92 Å². The summed E-state index contributed by atoms with van der Waals surface area (Å²) in [5, 5.41) is 0. The van der Waals surface area contributed by atoms with Crippen molar-refractivity contribution in [2.45, 2.75) is 40.2 Å². The molecule has 82 valence electrons. The summed E-state index contributed by atoms with van der Waals surface area (Å²) in [5.41, 5.74) is 7.32. The molecule has 14 heavy (non-hydrogen) atoms. The zero-order valence-electron chi connectivity index (χ0n) is 10.0. The Labute approximate surface area is 88.2 Å². The molecule has 2 N–H and O–H groups in total. The molecule has 0 aromatic heterocycles. The lowest BCUT2D eigenvalue weighted by Crippen LogP contribution is -2.46. The van der Waals surface area contributed by atoms with Gasteiger partial charge >= 0.3 is 0 Å². The van der Waals surface area contributed by atoms with Gasteiger partial charge in [-0.1, -0.05) is 27.4 Å². The summed E-state index contributed by atoms with van der Waals surface area (Å²) in [4.78, 5) is 2.35. The Morgan fingerprint density at radius 2 is 2.14 bits per heavy atom. The van der Waals surface area contributed by atoms with E-state index in [0.29, 0.717) is 5.41 Å². The van der Waals surface area contributed by atoms with Crippen molar-refractivity contribution in [1.82, 2.24) is 4.90 Å². The highest BCUT2D eigenvalue weighted by atomic mass is 15.2. The Morgan fingerprint density at radius 1 is 1.57 bits per heavy atom. The largest absolute Gasteiger partial charge is 0.373 e. The zero-order chi connectivity index (χ0) is 10.9. The Hall–Kier alpha value is -0.500. The summed E-state index contributed by atoms with van der Waals surface area (Å²) in [6.45, 7) is 15.3. The summed E-state index contributed by atoms with van der Waals surface area (Å²) in [5.74, 6) is 0.791. The van der Waals surface area contributed by atoms with Crippen LogP contribution in [0.4, 0.5) is 0 Å². The van der Waals surface area contributed by atoms with Crippen LogP contribution in [0.1, 0.15) is 34.1 Å². The highest BCUT2D eigenvalue weighted by Gasteiger charge is 2.33. The van der Waals surface area contributed by atoms with Gasteiger partial charge in [0.05, 0.1) is 0 Å². The predicted octanol–water partition coefficient (Wildman–Crippen LogP) is 2.22. The van der Waals surface area contributed by atoms with Crippen molar-refractivity contribution in [1.29, 1.82) is 0 Å². The van der Waals surface area contributed by atoms with Crippen molar-refractivity contribution in [2.75, 3.05) is 13.1 Å². The first-order valence-electron chi connectivity index (χ1n) is 5.54. The first-order valence-corrected chi connectivity index (χ1v) is 5.54. The molecule has 0 aliphatic carbocycles. The van der Waals surface area contributed by atoms with Crippen molar-refractivity contribution in [3.8, 4) is 0 Å². The van der Waals surface area contributed by atoms with Gasteiger partial charge in [0.2, 0.25) is 0 Å². The van der Waals surface area contributed by atoms with E-state index < -0.39 is 0 Å². The third-order valence-corrected chi connectivity index (χ3v) is 3.70. The molecule has 1 aliphatic heterocycles. The zero-order valence-corrected chi connectivity index (χ0v) is 10.0. The molecular formula is C12H24N2. The molecule has 2 nitrogen and oxygen atoms in total. The van der Waals surface area contributed by atoms with Gasteiger partial charge in [-0.05, 0) is 24.7 Å². The Kier molecular flexibility index (Phi) is 3.25. The molecule has 0 spiro atoms. The standard InChI is InChI=1S/C12H24N2/c1-9-6-7-14(8-12(9,4)5)11(3)10(2)13/h9-10H,3,6-8,13H2,1-2,4-5H3/t9?,10-/m1/s1. The lowest BCUT2D eigenvalue weighted by Gasteiger charge is -2.45. The van der Waals surface area contributed by atoms with E-state index in [1.54, 1.807) is 0 Å². The first-order chi connectivity index (χ1) is 6.34. The fraction of sp³-hybridized carbons (Fsp3) is 0.833. The van der Waals surface area contributed by atoms with Crippen molar-refractivity contribution < 1.29 is 0 Å². The van der Waals surface area contributed by atoms with Crippen molar-refractivity contribution in [2.24, 2.45) is 17.1 Å². The summed E-state index contributed by atoms with van der Waals surface area (Å²) in [6, 6.07) is 0.0826. The van der Waals surface area contributed by atoms with Gasteiger partial charge in [0.25, 0.3) is 0 Å². The number of piperidine rings is 1. The maximum atomic E-state index is 5.85. The van der Waals surface area contributed by atoms with Crippen molar-refractivity contribution in [3.63, 3.8) is 0 Å². The van der Waals surface area contributed by atoms with E-state index in [4.69, 9.17) is 5.73 Å². The van der Waals surface area contributed by atoms with E-state index in [-0.39, 0.29) is 6.04 Å². The molecule has 1 rings (SSSR count). The highest BCUT2D eigenvalue weighted by molar-refractivity contribution is 5.04. The molecule has 1 aliphatic rings. The summed E-state index contributed by atoms with van der Waals surface area (Å²) in [7, 11) is 0. The minimum atomic E-state index is 0.0826. The van der Waals surface area contributed by atoms with Gasteiger partial charge in [0.1, 0.15) is 0 Å². The van der Waals surface area contributed by atoms with Crippen molar-refractivity contribution in [3.05, 3.63) is 12.3 Å². The van der Waals surface area contributed by atoms with Crippen LogP contribution in [0, 0.1) is 11.3 Å². The van der Waals surface area contributed by atoms with Crippen LogP contribution >= 0.6 is 0 Å². The highest BCUT2D eigenvalue weighted by Crippen LogP contribution is 2.35. The van der Waals surface area contributed by atoms with Gasteiger partial charge in [0, 0.05) is 24.8 Å². The molecule has 1 saturated heterocycles. The second-order valence-electron chi connectivity index (χ2n) is 5.38. The third kappa shape index (κ3) is 2.30. The van der Waals surface area contributed by atoms with Crippen molar-refractivity contribution >= 4 is 0 Å². The van der Waals surface area contributed by atoms with Crippen LogP contribution in [0.2, 0.25) is 0 Å². The number of likely N-dealkylation sites (tertiary alicyclic amines) is 1. The second kappa shape index (κ2) is 3.93. The lowest BCUT2D eigenvalue weighted by atomic mass is 9.75. The molecule has 1 unspecified atom stereocenters. The Morgan fingerprint density at radius 3 is 2.57 bits per heavy atom. The molecule has 2 heteroatoms. The average Bonchev–Trinajstić information content (AvgIpc) is 2.08. The fourth-order valence-electron chi connectivity index (χ4n) is 2.00. The number of hydrogen-bond acceptors (Lipinski definition) is 2. The van der Waals surface area contributed by atoms with Gasteiger partial charge in [-0.25, -0.2) is 0 Å². The van der Waals surface area contributed by atoms with Crippen LogP contribution in [0.3, 0.4) is 0 Å². The topological polar surface area (TPSA) is 29.3 Å². The van der Waals surface area contributed by atoms with Gasteiger partial charge in [-0.3, -0.25) is 0 Å². The molecule has 1 fully saturated rings. The molecule has 2 atom stereocenters. The normalized spacial score (nSPS) is 28.6. The summed E-state index contributed by atoms with van der Waals surface area (Å²) < 4.78 is 0. The average molecular weight is 196 g/mol. The minimum absolute atomic E-state index is 0.0826. The van der Waals surface area contributed by atoms with Gasteiger partial charge in [-0.2, -0.15) is 0 Å². The Balaban J connectivity index is 2.64. The fourth-order valence-corrected chi connectivity index (χ4v) is 2.00. The maximum Gasteiger partial charge on any atom is 0.0411 e. The van der Waals surface area contributed by atoms with Gasteiger partial charge in [-0.15, -0.1) is 0 Å².